The Morgan fingerprint density at radius 3 is 2.06 bits per heavy atom. The summed E-state index contributed by atoms with van der Waals surface area (Å²) in [6.07, 6.45) is 11.6. The summed E-state index contributed by atoms with van der Waals surface area (Å²) in [7, 11) is 0. The molecule has 0 saturated carbocycles. The van der Waals surface area contributed by atoms with Crippen molar-refractivity contribution in [1.29, 1.82) is 0 Å². The van der Waals surface area contributed by atoms with E-state index in [1.165, 1.54) is 77.2 Å². The van der Waals surface area contributed by atoms with Gasteiger partial charge in [0, 0.05) is 5.41 Å². The Labute approximate surface area is 287 Å². The summed E-state index contributed by atoms with van der Waals surface area (Å²) in [6.45, 7) is 21.8. The highest BCUT2D eigenvalue weighted by molar-refractivity contribution is 6.14. The molecule has 48 heavy (non-hydrogen) atoms. The summed E-state index contributed by atoms with van der Waals surface area (Å²) in [4.78, 5) is 0. The molecule has 0 spiro atoms. The zero-order valence-corrected chi connectivity index (χ0v) is 29.3. The van der Waals surface area contributed by atoms with E-state index in [4.69, 9.17) is 0 Å². The van der Waals surface area contributed by atoms with Gasteiger partial charge in [-0.2, -0.15) is 0 Å². The summed E-state index contributed by atoms with van der Waals surface area (Å²) < 4.78 is 0. The van der Waals surface area contributed by atoms with E-state index >= 15 is 0 Å². The maximum atomic E-state index is 4.35. The van der Waals surface area contributed by atoms with Gasteiger partial charge in [-0.25, -0.2) is 0 Å². The highest BCUT2D eigenvalue weighted by Gasteiger charge is 2.35. The molecular formula is C48H46. The van der Waals surface area contributed by atoms with Crippen LogP contribution >= 0.6 is 0 Å². The Morgan fingerprint density at radius 1 is 0.646 bits per heavy atom. The SMILES string of the molecule is C=Cc1c(C=C)c(-c2cccc3ccccc23)c2ccc(-c3ccc4c(c3)C(C)(C)c3ccccc3-4)cc2c1/C(C)=C/C=C\CC.CC. The number of rotatable bonds is 7. The first-order chi connectivity index (χ1) is 23.4. The molecule has 0 aliphatic heterocycles. The molecule has 0 fully saturated rings. The van der Waals surface area contributed by atoms with Gasteiger partial charge in [0.15, 0.2) is 0 Å². The standard InChI is InChI=1S/C46H40.C2H6/c1-7-10-11-17-30(4)44-34(8-2)35(9-3)45(39-22-16-19-31-18-12-13-20-36(31)39)40-27-25-32(28-41(40)44)33-24-26-38-37-21-14-15-23-42(37)46(5,6)43(38)29-33;1-2/h8-29H,2-3,7H2,1,4-6H3;1-2H3/b11-10-,30-17+;. The van der Waals surface area contributed by atoms with Crippen molar-refractivity contribution in [3.05, 3.63) is 162 Å². The first kappa shape index (κ1) is 32.7. The Kier molecular flexibility index (Phi) is 9.20. The number of hydrogen-bond donors (Lipinski definition) is 0. The molecule has 0 heterocycles. The summed E-state index contributed by atoms with van der Waals surface area (Å²) in [6, 6.07) is 38.2. The minimum absolute atomic E-state index is 0.0503. The molecule has 0 saturated heterocycles. The van der Waals surface area contributed by atoms with E-state index in [1.54, 1.807) is 0 Å². The zero-order chi connectivity index (χ0) is 34.0. The third kappa shape index (κ3) is 5.36. The van der Waals surface area contributed by atoms with Crippen LogP contribution in [0.5, 0.6) is 0 Å². The van der Waals surface area contributed by atoms with Crippen molar-refractivity contribution in [2.24, 2.45) is 0 Å². The number of hydrogen-bond acceptors (Lipinski definition) is 0. The van der Waals surface area contributed by atoms with Crippen LogP contribution in [0.15, 0.2) is 135 Å². The van der Waals surface area contributed by atoms with Crippen molar-refractivity contribution in [3.8, 4) is 33.4 Å². The maximum Gasteiger partial charge on any atom is 0.0159 e. The second kappa shape index (κ2) is 13.5. The molecule has 0 aromatic heterocycles. The van der Waals surface area contributed by atoms with Crippen LogP contribution in [-0.4, -0.2) is 0 Å². The lowest BCUT2D eigenvalue weighted by atomic mass is 9.80. The largest absolute Gasteiger partial charge is 0.0984 e. The van der Waals surface area contributed by atoms with Crippen LogP contribution in [0.25, 0.3) is 72.7 Å². The van der Waals surface area contributed by atoms with Crippen LogP contribution < -0.4 is 0 Å². The van der Waals surface area contributed by atoms with E-state index in [1.807, 2.05) is 26.0 Å². The fourth-order valence-corrected chi connectivity index (χ4v) is 7.61. The number of allylic oxidation sites excluding steroid dienone is 4. The van der Waals surface area contributed by atoms with Crippen LogP contribution in [0.3, 0.4) is 0 Å². The van der Waals surface area contributed by atoms with Crippen LogP contribution in [0.2, 0.25) is 0 Å². The molecule has 7 rings (SSSR count). The molecule has 0 radical (unpaired) electrons. The van der Waals surface area contributed by atoms with Crippen LogP contribution in [0.4, 0.5) is 0 Å². The predicted molar refractivity (Wildman–Crippen MR) is 215 cm³/mol. The third-order valence-electron chi connectivity index (χ3n) is 9.88. The van der Waals surface area contributed by atoms with Gasteiger partial charge in [-0.05, 0) is 114 Å². The average molecular weight is 623 g/mol. The van der Waals surface area contributed by atoms with Gasteiger partial charge in [0.25, 0.3) is 0 Å². The second-order valence-corrected chi connectivity index (χ2v) is 12.9. The average Bonchev–Trinajstić information content (AvgIpc) is 3.36. The Balaban J connectivity index is 0.00000197. The Hall–Kier alpha value is -5.20. The van der Waals surface area contributed by atoms with E-state index in [0.717, 1.165) is 17.5 Å². The topological polar surface area (TPSA) is 0 Å². The normalized spacial score (nSPS) is 13.2. The smallest absolute Gasteiger partial charge is 0.0159 e. The van der Waals surface area contributed by atoms with Gasteiger partial charge >= 0.3 is 0 Å². The van der Waals surface area contributed by atoms with Crippen molar-refractivity contribution in [2.75, 3.05) is 0 Å². The lowest BCUT2D eigenvalue weighted by Gasteiger charge is -2.23. The predicted octanol–water partition coefficient (Wildman–Crippen LogP) is 14.3. The molecule has 6 aromatic rings. The van der Waals surface area contributed by atoms with Crippen LogP contribution in [-0.2, 0) is 5.41 Å². The molecule has 1 aliphatic rings. The maximum absolute atomic E-state index is 4.35. The molecule has 0 nitrogen and oxygen atoms in total. The molecule has 238 valence electrons. The van der Waals surface area contributed by atoms with Gasteiger partial charge in [-0.3, -0.25) is 0 Å². The lowest BCUT2D eigenvalue weighted by molar-refractivity contribution is 0.660. The van der Waals surface area contributed by atoms with Crippen molar-refractivity contribution >= 4 is 39.3 Å². The molecule has 6 aromatic carbocycles. The second-order valence-electron chi connectivity index (χ2n) is 12.9. The van der Waals surface area contributed by atoms with Crippen LogP contribution in [0, 0.1) is 0 Å². The summed E-state index contributed by atoms with van der Waals surface area (Å²) in [5.41, 5.74) is 14.9. The molecular weight excluding hydrogens is 577 g/mol. The van der Waals surface area contributed by atoms with Crippen molar-refractivity contribution in [3.63, 3.8) is 0 Å². The summed E-state index contributed by atoms with van der Waals surface area (Å²) in [5, 5.41) is 4.91. The third-order valence-corrected chi connectivity index (χ3v) is 9.88. The molecule has 0 amide bonds. The fourth-order valence-electron chi connectivity index (χ4n) is 7.61. The molecule has 0 N–H and O–H groups in total. The van der Waals surface area contributed by atoms with E-state index in [2.05, 4.69) is 162 Å². The van der Waals surface area contributed by atoms with Crippen molar-refractivity contribution < 1.29 is 0 Å². The number of benzene rings is 6. The first-order valence-corrected chi connectivity index (χ1v) is 17.3. The van der Waals surface area contributed by atoms with Gasteiger partial charge in [-0.1, -0.05) is 169 Å². The lowest BCUT2D eigenvalue weighted by Crippen LogP contribution is -2.14. The number of fused-ring (bicyclic) bond motifs is 5. The fraction of sp³-hybridized carbons (Fsp3) is 0.167. The van der Waals surface area contributed by atoms with Gasteiger partial charge in [0.1, 0.15) is 0 Å². The van der Waals surface area contributed by atoms with E-state index in [0.29, 0.717) is 0 Å². The van der Waals surface area contributed by atoms with Crippen LogP contribution in [0.1, 0.15) is 75.8 Å². The summed E-state index contributed by atoms with van der Waals surface area (Å²) in [5.74, 6) is 0. The molecule has 1 aliphatic carbocycles. The summed E-state index contributed by atoms with van der Waals surface area (Å²) >= 11 is 0. The Morgan fingerprint density at radius 2 is 1.29 bits per heavy atom. The van der Waals surface area contributed by atoms with Gasteiger partial charge in [0.05, 0.1) is 0 Å². The monoisotopic (exact) mass is 622 g/mol. The van der Waals surface area contributed by atoms with E-state index in [9.17, 15) is 0 Å². The molecule has 0 unspecified atom stereocenters. The van der Waals surface area contributed by atoms with Gasteiger partial charge in [-0.15, -0.1) is 0 Å². The zero-order valence-electron chi connectivity index (χ0n) is 29.3. The van der Waals surface area contributed by atoms with E-state index < -0.39 is 0 Å². The molecule has 0 atom stereocenters. The van der Waals surface area contributed by atoms with Gasteiger partial charge < -0.3 is 0 Å². The highest BCUT2D eigenvalue weighted by Crippen LogP contribution is 2.50. The molecule has 0 heteroatoms. The van der Waals surface area contributed by atoms with Gasteiger partial charge in [0.2, 0.25) is 0 Å². The highest BCUT2D eigenvalue weighted by atomic mass is 14.4. The van der Waals surface area contributed by atoms with E-state index in [-0.39, 0.29) is 5.41 Å². The molecule has 0 bridgehead atoms. The quantitative estimate of drug-likeness (QED) is 0.155. The Bertz CT molecular complexity index is 2240. The van der Waals surface area contributed by atoms with Crippen molar-refractivity contribution in [2.45, 2.75) is 53.4 Å². The van der Waals surface area contributed by atoms with Crippen molar-refractivity contribution in [1.82, 2.24) is 0 Å². The minimum atomic E-state index is -0.0503. The minimum Gasteiger partial charge on any atom is -0.0984 e. The first-order valence-electron chi connectivity index (χ1n) is 17.3.